The number of rotatable bonds is 0. The van der Waals surface area contributed by atoms with E-state index in [1.807, 2.05) is 13.0 Å². The number of aromatic hydroxyl groups is 1. The fourth-order valence-corrected chi connectivity index (χ4v) is 4.09. The van der Waals surface area contributed by atoms with Gasteiger partial charge in [-0.15, -0.1) is 0 Å². The van der Waals surface area contributed by atoms with Crippen molar-refractivity contribution in [3.05, 3.63) is 23.3 Å². The maximum absolute atomic E-state index is 10.4. The highest BCUT2D eigenvalue weighted by atomic mass is 16.5. The summed E-state index contributed by atoms with van der Waals surface area (Å²) in [5.41, 5.74) is 1.99. The van der Waals surface area contributed by atoms with Crippen LogP contribution in [0.5, 0.6) is 11.5 Å². The van der Waals surface area contributed by atoms with Gasteiger partial charge in [0.25, 0.3) is 0 Å². The molecule has 1 aliphatic heterocycles. The molecule has 1 fully saturated rings. The molecule has 19 heavy (non-hydrogen) atoms. The minimum Gasteiger partial charge on any atom is -0.508 e. The lowest BCUT2D eigenvalue weighted by atomic mass is 9.64. The molecule has 3 rings (SSSR count). The van der Waals surface area contributed by atoms with Gasteiger partial charge in [-0.2, -0.15) is 0 Å². The van der Waals surface area contributed by atoms with Gasteiger partial charge in [0.2, 0.25) is 0 Å². The standard InChI is InChI=1S/C17H24O2/c1-10-5-6-13-12(7-10)16-14(18)8-11(2)9-15(16)19-17(13,3)4/h8-10,12-13,18H,5-7H2,1-4H3. The average Bonchev–Trinajstić information content (AvgIpc) is 2.25. The first-order valence-corrected chi connectivity index (χ1v) is 7.41. The molecule has 1 saturated carbocycles. The van der Waals surface area contributed by atoms with Crippen LogP contribution in [0.25, 0.3) is 0 Å². The van der Waals surface area contributed by atoms with Gasteiger partial charge < -0.3 is 9.84 Å². The van der Waals surface area contributed by atoms with Crippen molar-refractivity contribution in [2.45, 2.75) is 58.5 Å². The van der Waals surface area contributed by atoms with Gasteiger partial charge >= 0.3 is 0 Å². The Hall–Kier alpha value is -1.18. The summed E-state index contributed by atoms with van der Waals surface area (Å²) in [5, 5.41) is 10.4. The molecule has 1 aromatic carbocycles. The molecule has 2 nitrogen and oxygen atoms in total. The molecule has 3 atom stereocenters. The van der Waals surface area contributed by atoms with Crippen molar-refractivity contribution in [2.24, 2.45) is 11.8 Å². The lowest BCUT2D eigenvalue weighted by Crippen LogP contribution is -2.46. The highest BCUT2D eigenvalue weighted by Gasteiger charge is 2.46. The van der Waals surface area contributed by atoms with Crippen LogP contribution in [0.3, 0.4) is 0 Å². The summed E-state index contributed by atoms with van der Waals surface area (Å²) in [4.78, 5) is 0. The number of fused-ring (bicyclic) bond motifs is 3. The van der Waals surface area contributed by atoms with E-state index >= 15 is 0 Å². The molecule has 0 spiro atoms. The summed E-state index contributed by atoms with van der Waals surface area (Å²) in [6.07, 6.45) is 3.64. The van der Waals surface area contributed by atoms with Crippen LogP contribution in [0.4, 0.5) is 0 Å². The topological polar surface area (TPSA) is 29.5 Å². The summed E-state index contributed by atoms with van der Waals surface area (Å²) in [6.45, 7) is 8.72. The second-order valence-corrected chi connectivity index (χ2v) is 7.03. The number of benzene rings is 1. The molecule has 2 aliphatic rings. The SMILES string of the molecule is Cc1cc(O)c2c(c1)OC(C)(C)C1CCC(C)CC21. The van der Waals surface area contributed by atoms with E-state index in [9.17, 15) is 5.11 Å². The lowest BCUT2D eigenvalue weighted by Gasteiger charge is -2.48. The van der Waals surface area contributed by atoms with Crippen LogP contribution in [0.1, 0.15) is 57.1 Å². The Bertz CT molecular complexity index is 504. The summed E-state index contributed by atoms with van der Waals surface area (Å²) in [5.74, 6) is 3.03. The second-order valence-electron chi connectivity index (χ2n) is 7.03. The second kappa shape index (κ2) is 4.16. The lowest BCUT2D eigenvalue weighted by molar-refractivity contribution is -0.0145. The van der Waals surface area contributed by atoms with Crippen LogP contribution >= 0.6 is 0 Å². The van der Waals surface area contributed by atoms with Crippen molar-refractivity contribution in [1.29, 1.82) is 0 Å². The highest BCUT2D eigenvalue weighted by molar-refractivity contribution is 5.51. The van der Waals surface area contributed by atoms with Gasteiger partial charge in [-0.1, -0.05) is 13.3 Å². The van der Waals surface area contributed by atoms with Gasteiger partial charge in [0.1, 0.15) is 17.1 Å². The van der Waals surface area contributed by atoms with E-state index < -0.39 is 0 Å². The minimum absolute atomic E-state index is 0.127. The average molecular weight is 260 g/mol. The molecule has 1 aromatic rings. The van der Waals surface area contributed by atoms with Crippen molar-refractivity contribution in [2.75, 3.05) is 0 Å². The van der Waals surface area contributed by atoms with Gasteiger partial charge in [0.15, 0.2) is 0 Å². The molecule has 0 amide bonds. The van der Waals surface area contributed by atoms with Gasteiger partial charge in [0, 0.05) is 11.5 Å². The predicted molar refractivity (Wildman–Crippen MR) is 76.8 cm³/mol. The quantitative estimate of drug-likeness (QED) is 0.749. The van der Waals surface area contributed by atoms with Crippen LogP contribution in [-0.2, 0) is 0 Å². The summed E-state index contributed by atoms with van der Waals surface area (Å²) in [7, 11) is 0. The third kappa shape index (κ3) is 2.01. The van der Waals surface area contributed by atoms with Crippen molar-refractivity contribution < 1.29 is 9.84 Å². The smallest absolute Gasteiger partial charge is 0.127 e. The van der Waals surface area contributed by atoms with Crippen molar-refractivity contribution in [3.8, 4) is 11.5 Å². The van der Waals surface area contributed by atoms with Crippen LogP contribution in [0.2, 0.25) is 0 Å². The molecular formula is C17H24O2. The highest BCUT2D eigenvalue weighted by Crippen LogP contribution is 2.55. The molecule has 2 heteroatoms. The van der Waals surface area contributed by atoms with E-state index in [4.69, 9.17) is 4.74 Å². The van der Waals surface area contributed by atoms with Gasteiger partial charge in [-0.3, -0.25) is 0 Å². The Kier molecular flexibility index (Phi) is 2.81. The Morgan fingerprint density at radius 2 is 2.00 bits per heavy atom. The van der Waals surface area contributed by atoms with Crippen molar-refractivity contribution in [1.82, 2.24) is 0 Å². The first-order chi connectivity index (χ1) is 8.88. The van der Waals surface area contributed by atoms with E-state index in [1.165, 1.54) is 19.3 Å². The third-order valence-electron chi connectivity index (χ3n) is 5.01. The maximum atomic E-state index is 10.4. The van der Waals surface area contributed by atoms with Crippen molar-refractivity contribution >= 4 is 0 Å². The van der Waals surface area contributed by atoms with Gasteiger partial charge in [-0.25, -0.2) is 0 Å². The Morgan fingerprint density at radius 3 is 2.74 bits per heavy atom. The molecule has 0 saturated heterocycles. The van der Waals surface area contributed by atoms with E-state index in [-0.39, 0.29) is 5.60 Å². The fraction of sp³-hybridized carbons (Fsp3) is 0.647. The molecular weight excluding hydrogens is 236 g/mol. The zero-order valence-electron chi connectivity index (χ0n) is 12.4. The van der Waals surface area contributed by atoms with Crippen LogP contribution in [0, 0.1) is 18.8 Å². The normalized spacial score (nSPS) is 32.1. The van der Waals surface area contributed by atoms with Crippen LogP contribution < -0.4 is 4.74 Å². The minimum atomic E-state index is -0.127. The molecule has 3 unspecified atom stereocenters. The molecule has 1 N–H and O–H groups in total. The number of phenolic OH excluding ortho intramolecular Hbond substituents is 1. The van der Waals surface area contributed by atoms with Gasteiger partial charge in [0.05, 0.1) is 0 Å². The number of phenols is 1. The first-order valence-electron chi connectivity index (χ1n) is 7.41. The van der Waals surface area contributed by atoms with E-state index in [1.54, 1.807) is 0 Å². The van der Waals surface area contributed by atoms with Crippen LogP contribution in [0.15, 0.2) is 12.1 Å². The monoisotopic (exact) mass is 260 g/mol. The number of hydrogen-bond donors (Lipinski definition) is 1. The number of hydrogen-bond acceptors (Lipinski definition) is 2. The zero-order valence-corrected chi connectivity index (χ0v) is 12.4. The molecule has 104 valence electrons. The first kappa shape index (κ1) is 12.8. The summed E-state index contributed by atoms with van der Waals surface area (Å²) >= 11 is 0. The Morgan fingerprint density at radius 1 is 1.26 bits per heavy atom. The zero-order chi connectivity index (χ0) is 13.8. The number of aryl methyl sites for hydroxylation is 1. The Balaban J connectivity index is 2.13. The molecule has 1 aliphatic carbocycles. The maximum Gasteiger partial charge on any atom is 0.127 e. The summed E-state index contributed by atoms with van der Waals surface area (Å²) in [6, 6.07) is 3.95. The predicted octanol–water partition coefficient (Wildman–Crippen LogP) is 4.39. The fourth-order valence-electron chi connectivity index (χ4n) is 4.09. The van der Waals surface area contributed by atoms with Crippen LogP contribution in [-0.4, -0.2) is 10.7 Å². The van der Waals surface area contributed by atoms with E-state index in [2.05, 4.69) is 26.8 Å². The number of ether oxygens (including phenoxy) is 1. The third-order valence-corrected chi connectivity index (χ3v) is 5.01. The van der Waals surface area contributed by atoms with Crippen molar-refractivity contribution in [3.63, 3.8) is 0 Å². The van der Waals surface area contributed by atoms with E-state index in [0.29, 0.717) is 17.6 Å². The molecule has 0 bridgehead atoms. The molecule has 0 aromatic heterocycles. The Labute approximate surface area is 115 Å². The largest absolute Gasteiger partial charge is 0.508 e. The van der Waals surface area contributed by atoms with Gasteiger partial charge in [-0.05, 0) is 63.1 Å². The summed E-state index contributed by atoms with van der Waals surface area (Å²) < 4.78 is 6.23. The molecule has 0 radical (unpaired) electrons. The van der Waals surface area contributed by atoms with E-state index in [0.717, 1.165) is 22.8 Å². The molecule has 1 heterocycles.